The molecule has 0 bridgehead atoms. The molecular weight excluding hydrogens is 388 g/mol. The number of anilines is 3. The average Bonchev–Trinajstić information content (AvgIpc) is 2.76. The second-order valence-corrected chi connectivity index (χ2v) is 8.56. The van der Waals surface area contributed by atoms with E-state index in [-0.39, 0.29) is 11.6 Å². The van der Waals surface area contributed by atoms with Gasteiger partial charge in [0.15, 0.2) is 0 Å². The van der Waals surface area contributed by atoms with Crippen LogP contribution in [0.5, 0.6) is 0 Å². The third-order valence-corrected chi connectivity index (χ3v) is 6.09. The highest BCUT2D eigenvalue weighted by Crippen LogP contribution is 2.24. The molecule has 7 nitrogen and oxygen atoms in total. The average molecular weight is 421 g/mol. The summed E-state index contributed by atoms with van der Waals surface area (Å²) in [6.07, 6.45) is 0. The molecule has 1 fully saturated rings. The summed E-state index contributed by atoms with van der Waals surface area (Å²) >= 11 is 0. The third kappa shape index (κ3) is 4.28. The number of rotatable bonds is 5. The number of nitrogens with one attached hydrogen (secondary N) is 1. The molecule has 0 unspecified atom stereocenters. The van der Waals surface area contributed by atoms with Crippen molar-refractivity contribution in [2.75, 3.05) is 42.9 Å². The first-order chi connectivity index (χ1) is 14.9. The van der Waals surface area contributed by atoms with E-state index < -0.39 is 0 Å². The van der Waals surface area contributed by atoms with Gasteiger partial charge in [-0.15, -0.1) is 0 Å². The fourth-order valence-corrected chi connectivity index (χ4v) is 4.23. The number of fused-ring (bicyclic) bond motifs is 1. The summed E-state index contributed by atoms with van der Waals surface area (Å²) in [6, 6.07) is 10.3. The highest BCUT2D eigenvalue weighted by atomic mass is 16.1. The molecule has 2 aromatic heterocycles. The third-order valence-electron chi connectivity index (χ3n) is 6.09. The minimum Gasteiger partial charge on any atom is -0.369 e. The van der Waals surface area contributed by atoms with E-state index in [1.54, 1.807) is 4.57 Å². The number of likely N-dealkylation sites (N-methyl/N-ethyl adjacent to an activating group) is 1. The maximum Gasteiger partial charge on any atom is 0.255 e. The molecule has 0 amide bonds. The van der Waals surface area contributed by atoms with E-state index in [1.807, 2.05) is 33.8 Å². The smallest absolute Gasteiger partial charge is 0.255 e. The molecule has 1 saturated heterocycles. The lowest BCUT2D eigenvalue weighted by molar-refractivity contribution is 0.271. The van der Waals surface area contributed by atoms with Crippen LogP contribution in [-0.4, -0.2) is 52.2 Å². The van der Waals surface area contributed by atoms with Gasteiger partial charge >= 0.3 is 0 Å². The largest absolute Gasteiger partial charge is 0.369 e. The first-order valence-corrected chi connectivity index (χ1v) is 11.1. The standard InChI is InChI=1S/C24H32N6O/c1-6-28-11-13-29(14-12-28)20-9-7-19(8-10-20)26-24-25-18(5)21-15-17(4)23(31)30(16(2)3)22(21)27-24/h7-10,15-16H,6,11-14H2,1-5H3,(H,25,26,27). The molecule has 1 aliphatic rings. The van der Waals surface area contributed by atoms with Crippen molar-refractivity contribution in [1.29, 1.82) is 0 Å². The lowest BCUT2D eigenvalue weighted by Gasteiger charge is -2.35. The predicted octanol–water partition coefficient (Wildman–Crippen LogP) is 3.87. The molecule has 1 aliphatic heterocycles. The number of hydrogen-bond donors (Lipinski definition) is 1. The number of benzene rings is 1. The van der Waals surface area contributed by atoms with Gasteiger partial charge in [-0.05, 0) is 64.6 Å². The first-order valence-electron chi connectivity index (χ1n) is 11.1. The Kier molecular flexibility index (Phi) is 5.96. The normalized spacial score (nSPS) is 15.1. The van der Waals surface area contributed by atoms with E-state index in [2.05, 4.69) is 51.3 Å². The molecule has 0 atom stereocenters. The van der Waals surface area contributed by atoms with Gasteiger partial charge < -0.3 is 15.1 Å². The molecule has 31 heavy (non-hydrogen) atoms. The lowest BCUT2D eigenvalue weighted by Crippen LogP contribution is -2.46. The van der Waals surface area contributed by atoms with Crippen molar-refractivity contribution in [2.24, 2.45) is 0 Å². The minimum absolute atomic E-state index is 0.000858. The van der Waals surface area contributed by atoms with Gasteiger partial charge in [0.25, 0.3) is 5.56 Å². The summed E-state index contributed by atoms with van der Waals surface area (Å²) in [4.78, 5) is 27.0. The van der Waals surface area contributed by atoms with Crippen LogP contribution in [-0.2, 0) is 0 Å². The molecule has 1 N–H and O–H groups in total. The van der Waals surface area contributed by atoms with Gasteiger partial charge in [-0.2, -0.15) is 4.98 Å². The maximum absolute atomic E-state index is 12.7. The Morgan fingerprint density at radius 1 is 1.03 bits per heavy atom. The summed E-state index contributed by atoms with van der Waals surface area (Å²) in [7, 11) is 0. The number of piperazine rings is 1. The Balaban J connectivity index is 1.59. The van der Waals surface area contributed by atoms with Gasteiger partial charge in [-0.1, -0.05) is 6.92 Å². The Morgan fingerprint density at radius 3 is 2.32 bits per heavy atom. The maximum atomic E-state index is 12.7. The highest BCUT2D eigenvalue weighted by Gasteiger charge is 2.17. The number of hydrogen-bond acceptors (Lipinski definition) is 6. The van der Waals surface area contributed by atoms with Crippen LogP contribution in [0.2, 0.25) is 0 Å². The van der Waals surface area contributed by atoms with Crippen molar-refractivity contribution >= 4 is 28.4 Å². The summed E-state index contributed by atoms with van der Waals surface area (Å²) in [5, 5.41) is 4.23. The van der Waals surface area contributed by atoms with Gasteiger partial charge in [-0.25, -0.2) is 4.98 Å². The van der Waals surface area contributed by atoms with Gasteiger partial charge in [0.05, 0.1) is 5.69 Å². The van der Waals surface area contributed by atoms with Gasteiger partial charge in [0.1, 0.15) is 5.65 Å². The molecule has 3 aromatic rings. The molecule has 0 aliphatic carbocycles. The topological polar surface area (TPSA) is 66.3 Å². The molecule has 1 aromatic carbocycles. The monoisotopic (exact) mass is 420 g/mol. The van der Waals surface area contributed by atoms with E-state index in [4.69, 9.17) is 4.98 Å². The Hall–Kier alpha value is -2.93. The highest BCUT2D eigenvalue weighted by molar-refractivity contribution is 5.80. The summed E-state index contributed by atoms with van der Waals surface area (Å²) in [6.45, 7) is 15.5. The van der Waals surface area contributed by atoms with Gasteiger partial charge in [-0.3, -0.25) is 9.36 Å². The van der Waals surface area contributed by atoms with Crippen LogP contribution in [0, 0.1) is 13.8 Å². The van der Waals surface area contributed by atoms with Crippen LogP contribution in [0.25, 0.3) is 11.0 Å². The minimum atomic E-state index is -0.000858. The van der Waals surface area contributed by atoms with Crippen molar-refractivity contribution in [3.63, 3.8) is 0 Å². The molecule has 164 valence electrons. The quantitative estimate of drug-likeness (QED) is 0.676. The summed E-state index contributed by atoms with van der Waals surface area (Å²) < 4.78 is 1.75. The van der Waals surface area contributed by atoms with E-state index >= 15 is 0 Å². The van der Waals surface area contributed by atoms with Crippen LogP contribution in [0.1, 0.15) is 38.1 Å². The van der Waals surface area contributed by atoms with E-state index in [1.165, 1.54) is 5.69 Å². The second kappa shape index (κ2) is 8.67. The van der Waals surface area contributed by atoms with Crippen LogP contribution < -0.4 is 15.8 Å². The van der Waals surface area contributed by atoms with E-state index in [9.17, 15) is 4.79 Å². The molecule has 3 heterocycles. The summed E-state index contributed by atoms with van der Waals surface area (Å²) in [5.74, 6) is 0.506. The fraction of sp³-hybridized carbons (Fsp3) is 0.458. The van der Waals surface area contributed by atoms with Crippen LogP contribution >= 0.6 is 0 Å². The zero-order valence-electron chi connectivity index (χ0n) is 19.1. The Bertz CT molecular complexity index is 1130. The first kappa shape index (κ1) is 21.3. The van der Waals surface area contributed by atoms with Gasteiger partial charge in [0.2, 0.25) is 5.95 Å². The van der Waals surface area contributed by atoms with Gasteiger partial charge in [0, 0.05) is 54.5 Å². The molecule has 0 spiro atoms. The van der Waals surface area contributed by atoms with Crippen LogP contribution in [0.15, 0.2) is 35.1 Å². The van der Waals surface area contributed by atoms with E-state index in [0.717, 1.165) is 49.5 Å². The zero-order valence-corrected chi connectivity index (χ0v) is 19.1. The molecular formula is C24H32N6O. The van der Waals surface area contributed by atoms with Crippen molar-refractivity contribution in [2.45, 2.75) is 40.7 Å². The van der Waals surface area contributed by atoms with E-state index in [0.29, 0.717) is 17.2 Å². The number of pyridine rings is 1. The Morgan fingerprint density at radius 2 is 1.71 bits per heavy atom. The SMILES string of the molecule is CCN1CCN(c2ccc(Nc3nc(C)c4cc(C)c(=O)n(C(C)C)c4n3)cc2)CC1. The van der Waals surface area contributed by atoms with Crippen molar-refractivity contribution in [3.05, 3.63) is 51.9 Å². The second-order valence-electron chi connectivity index (χ2n) is 8.56. The predicted molar refractivity (Wildman–Crippen MR) is 128 cm³/mol. The molecule has 0 radical (unpaired) electrons. The zero-order chi connectivity index (χ0) is 22.1. The van der Waals surface area contributed by atoms with Crippen molar-refractivity contribution in [1.82, 2.24) is 19.4 Å². The number of aryl methyl sites for hydroxylation is 2. The number of aromatic nitrogens is 3. The fourth-order valence-electron chi connectivity index (χ4n) is 4.23. The van der Waals surface area contributed by atoms with Crippen molar-refractivity contribution in [3.8, 4) is 0 Å². The van der Waals surface area contributed by atoms with Crippen molar-refractivity contribution < 1.29 is 0 Å². The molecule has 0 saturated carbocycles. The molecule has 7 heteroatoms. The van der Waals surface area contributed by atoms with Crippen LogP contribution in [0.4, 0.5) is 17.3 Å². The summed E-state index contributed by atoms with van der Waals surface area (Å²) in [5.41, 5.74) is 4.41. The lowest BCUT2D eigenvalue weighted by atomic mass is 10.2. The molecule has 4 rings (SSSR count). The number of nitrogens with zero attached hydrogens (tertiary/aromatic N) is 5. The Labute approximate surface area is 183 Å². The van der Waals surface area contributed by atoms with Crippen LogP contribution in [0.3, 0.4) is 0 Å².